The number of aromatic nitrogens is 2. The van der Waals surface area contributed by atoms with Gasteiger partial charge in [-0.3, -0.25) is 9.78 Å². The van der Waals surface area contributed by atoms with E-state index in [9.17, 15) is 4.79 Å². The quantitative estimate of drug-likeness (QED) is 0.635. The van der Waals surface area contributed by atoms with Gasteiger partial charge in [-0.15, -0.1) is 0 Å². The van der Waals surface area contributed by atoms with E-state index in [2.05, 4.69) is 28.7 Å². The average molecular weight is 356 g/mol. The number of halogens is 1. The zero-order valence-corrected chi connectivity index (χ0v) is 15.1. The van der Waals surface area contributed by atoms with Crippen molar-refractivity contribution < 1.29 is 4.79 Å². The van der Waals surface area contributed by atoms with Crippen molar-refractivity contribution in [3.05, 3.63) is 53.3 Å². The molecule has 5 heteroatoms. The first-order valence-electron chi connectivity index (χ1n) is 8.53. The van der Waals surface area contributed by atoms with E-state index in [-0.39, 0.29) is 5.91 Å². The summed E-state index contributed by atoms with van der Waals surface area (Å²) in [6.07, 6.45) is 7.89. The summed E-state index contributed by atoms with van der Waals surface area (Å²) in [7, 11) is 2.08. The minimum Gasteiger partial charge on any atom is -0.370 e. The molecular weight excluding hydrogens is 334 g/mol. The first-order chi connectivity index (χ1) is 12.1. The van der Waals surface area contributed by atoms with Crippen LogP contribution < -0.4 is 5.73 Å². The number of hydrogen-bond acceptors (Lipinski definition) is 2. The zero-order valence-electron chi connectivity index (χ0n) is 14.3. The van der Waals surface area contributed by atoms with E-state index >= 15 is 0 Å². The van der Waals surface area contributed by atoms with Crippen molar-refractivity contribution in [1.29, 1.82) is 0 Å². The van der Waals surface area contributed by atoms with Gasteiger partial charge in [-0.1, -0.05) is 18.0 Å². The van der Waals surface area contributed by atoms with Crippen LogP contribution in [0.2, 0.25) is 5.02 Å². The van der Waals surface area contributed by atoms with Crippen LogP contribution in [0.3, 0.4) is 0 Å². The number of nitrogens with two attached hydrogens (primary N) is 1. The van der Waals surface area contributed by atoms with Crippen molar-refractivity contribution in [2.75, 3.05) is 0 Å². The molecule has 1 amide bonds. The summed E-state index contributed by atoms with van der Waals surface area (Å²) in [4.78, 5) is 15.2. The van der Waals surface area contributed by atoms with Gasteiger partial charge in [0.25, 0.3) is 0 Å². The molecule has 1 aromatic carbocycles. The molecule has 0 fully saturated rings. The molecule has 0 saturated heterocycles. The Labute approximate surface area is 152 Å². The third-order valence-electron chi connectivity index (χ3n) is 4.55. The van der Waals surface area contributed by atoms with Crippen LogP contribution in [0.4, 0.5) is 0 Å². The Kier molecular flexibility index (Phi) is 5.39. The summed E-state index contributed by atoms with van der Waals surface area (Å²) in [5, 5.41) is 1.93. The molecule has 25 heavy (non-hydrogen) atoms. The third kappa shape index (κ3) is 3.85. The Balaban J connectivity index is 1.96. The van der Waals surface area contributed by atoms with E-state index in [0.29, 0.717) is 6.42 Å². The highest BCUT2D eigenvalue weighted by Crippen LogP contribution is 2.35. The monoisotopic (exact) mass is 355 g/mol. The van der Waals surface area contributed by atoms with Gasteiger partial charge in [0.2, 0.25) is 5.91 Å². The molecule has 2 aromatic heterocycles. The fraction of sp³-hybridized carbons (Fsp3) is 0.300. The van der Waals surface area contributed by atoms with Crippen LogP contribution in [0.1, 0.15) is 31.2 Å². The summed E-state index contributed by atoms with van der Waals surface area (Å²) in [5.74, 6) is -0.229. The smallest absolute Gasteiger partial charge is 0.217 e. The SMILES string of the molecule is Cn1c(-c2cccnc2)c(CCCCCC(N)=O)c2cc(Cl)ccc21. The summed E-state index contributed by atoms with van der Waals surface area (Å²) in [6.45, 7) is 0. The summed E-state index contributed by atoms with van der Waals surface area (Å²) in [5.41, 5.74) is 9.95. The van der Waals surface area contributed by atoms with Gasteiger partial charge in [-0.25, -0.2) is 0 Å². The van der Waals surface area contributed by atoms with Crippen LogP contribution in [-0.2, 0) is 18.3 Å². The topological polar surface area (TPSA) is 60.9 Å². The van der Waals surface area contributed by atoms with Crippen LogP contribution in [0.15, 0.2) is 42.7 Å². The van der Waals surface area contributed by atoms with Gasteiger partial charge >= 0.3 is 0 Å². The lowest BCUT2D eigenvalue weighted by Gasteiger charge is -2.08. The Bertz CT molecular complexity index is 887. The standard InChI is InChI=1S/C20H22ClN3O/c1-24-18-10-9-15(21)12-17(18)16(7-3-2-4-8-19(22)25)20(24)14-6-5-11-23-13-14/h5-6,9-13H,2-4,7-8H2,1H3,(H2,22,25). The molecule has 3 aromatic rings. The van der Waals surface area contributed by atoms with Crippen molar-refractivity contribution in [2.24, 2.45) is 12.8 Å². The Morgan fingerprint density at radius 2 is 2.08 bits per heavy atom. The van der Waals surface area contributed by atoms with E-state index in [1.54, 1.807) is 6.20 Å². The Morgan fingerprint density at radius 3 is 2.80 bits per heavy atom. The molecule has 0 spiro atoms. The molecule has 0 unspecified atom stereocenters. The van der Waals surface area contributed by atoms with E-state index < -0.39 is 0 Å². The summed E-state index contributed by atoms with van der Waals surface area (Å²) >= 11 is 6.24. The Morgan fingerprint density at radius 1 is 1.24 bits per heavy atom. The molecule has 0 radical (unpaired) electrons. The van der Waals surface area contributed by atoms with Crippen LogP contribution in [0.5, 0.6) is 0 Å². The number of unbranched alkanes of at least 4 members (excludes halogenated alkanes) is 2. The van der Waals surface area contributed by atoms with Crippen molar-refractivity contribution in [2.45, 2.75) is 32.1 Å². The van der Waals surface area contributed by atoms with Gasteiger partial charge < -0.3 is 10.3 Å². The maximum atomic E-state index is 10.9. The van der Waals surface area contributed by atoms with Crippen molar-refractivity contribution in [3.63, 3.8) is 0 Å². The molecule has 3 rings (SSSR count). The molecule has 0 atom stereocenters. The number of nitrogens with zero attached hydrogens (tertiary/aromatic N) is 2. The number of aryl methyl sites for hydroxylation is 2. The summed E-state index contributed by atoms with van der Waals surface area (Å²) in [6, 6.07) is 10.1. The first kappa shape index (κ1) is 17.5. The number of rotatable bonds is 7. The van der Waals surface area contributed by atoms with E-state index in [1.165, 1.54) is 16.6 Å². The number of primary amides is 1. The predicted molar refractivity (Wildman–Crippen MR) is 103 cm³/mol. The maximum Gasteiger partial charge on any atom is 0.217 e. The number of hydrogen-bond donors (Lipinski definition) is 1. The van der Waals surface area contributed by atoms with Crippen LogP contribution in [0.25, 0.3) is 22.2 Å². The van der Waals surface area contributed by atoms with Gasteiger partial charge in [0.05, 0.1) is 5.69 Å². The molecule has 0 aliphatic rings. The molecule has 0 saturated carbocycles. The molecule has 2 heterocycles. The highest BCUT2D eigenvalue weighted by molar-refractivity contribution is 6.31. The largest absolute Gasteiger partial charge is 0.370 e. The molecule has 2 N–H and O–H groups in total. The Hall–Kier alpha value is -2.33. The number of amides is 1. The number of pyridine rings is 1. The fourth-order valence-corrected chi connectivity index (χ4v) is 3.57. The van der Waals surface area contributed by atoms with Gasteiger partial charge in [0.1, 0.15) is 0 Å². The minimum absolute atomic E-state index is 0.229. The molecule has 130 valence electrons. The van der Waals surface area contributed by atoms with Crippen LogP contribution in [0, 0.1) is 0 Å². The van der Waals surface area contributed by atoms with Gasteiger partial charge in [0, 0.05) is 47.4 Å². The molecule has 4 nitrogen and oxygen atoms in total. The van der Waals surface area contributed by atoms with E-state index in [1.807, 2.05) is 24.4 Å². The summed E-state index contributed by atoms with van der Waals surface area (Å²) < 4.78 is 2.21. The fourth-order valence-electron chi connectivity index (χ4n) is 3.39. The third-order valence-corrected chi connectivity index (χ3v) is 4.79. The van der Waals surface area contributed by atoms with Crippen LogP contribution in [-0.4, -0.2) is 15.5 Å². The second-order valence-electron chi connectivity index (χ2n) is 6.32. The average Bonchev–Trinajstić information content (AvgIpc) is 2.86. The minimum atomic E-state index is -0.229. The molecular formula is C20H22ClN3O. The highest BCUT2D eigenvalue weighted by Gasteiger charge is 2.16. The second kappa shape index (κ2) is 7.70. The lowest BCUT2D eigenvalue weighted by Crippen LogP contribution is -2.09. The first-order valence-corrected chi connectivity index (χ1v) is 8.91. The highest BCUT2D eigenvalue weighted by atomic mass is 35.5. The molecule has 0 aliphatic heterocycles. The number of benzene rings is 1. The maximum absolute atomic E-state index is 10.9. The number of fused-ring (bicyclic) bond motifs is 1. The lowest BCUT2D eigenvalue weighted by atomic mass is 10.00. The zero-order chi connectivity index (χ0) is 17.8. The van der Waals surface area contributed by atoms with Crippen molar-refractivity contribution in [1.82, 2.24) is 9.55 Å². The predicted octanol–water partition coefficient (Wildman–Crippen LogP) is 4.48. The number of carbonyl (C=O) groups excluding carboxylic acids is 1. The van der Waals surface area contributed by atoms with E-state index in [0.717, 1.165) is 41.8 Å². The lowest BCUT2D eigenvalue weighted by molar-refractivity contribution is -0.118. The van der Waals surface area contributed by atoms with Gasteiger partial charge in [0.15, 0.2) is 0 Å². The van der Waals surface area contributed by atoms with Crippen LogP contribution >= 0.6 is 11.6 Å². The molecule has 0 bridgehead atoms. The van der Waals surface area contributed by atoms with Crippen molar-refractivity contribution >= 4 is 28.4 Å². The molecule has 0 aliphatic carbocycles. The van der Waals surface area contributed by atoms with Crippen molar-refractivity contribution in [3.8, 4) is 11.3 Å². The second-order valence-corrected chi connectivity index (χ2v) is 6.75. The van der Waals surface area contributed by atoms with E-state index in [4.69, 9.17) is 17.3 Å². The van der Waals surface area contributed by atoms with Gasteiger partial charge in [-0.05, 0) is 55.2 Å². The normalized spacial score (nSPS) is 11.1. The van der Waals surface area contributed by atoms with Gasteiger partial charge in [-0.2, -0.15) is 0 Å². The number of carbonyl (C=O) groups is 1.